The van der Waals surface area contributed by atoms with Gasteiger partial charge in [0.1, 0.15) is 5.71 Å². The maximum absolute atomic E-state index is 13.9. The predicted octanol–water partition coefficient (Wildman–Crippen LogP) is -0.380. The van der Waals surface area contributed by atoms with E-state index in [1.165, 1.54) is 7.05 Å². The summed E-state index contributed by atoms with van der Waals surface area (Å²) in [5.41, 5.74) is -2.22. The van der Waals surface area contributed by atoms with Crippen LogP contribution in [0.2, 0.25) is 0 Å². The van der Waals surface area contributed by atoms with E-state index in [0.29, 0.717) is 0 Å². The number of nitrogens with zero attached hydrogens (tertiary/aromatic N) is 3. The molecule has 0 aromatic carbocycles. The molecule has 7 nitrogen and oxygen atoms in total. The summed E-state index contributed by atoms with van der Waals surface area (Å²) in [6.07, 6.45) is 0.148. The van der Waals surface area contributed by atoms with E-state index in [0.717, 1.165) is 9.91 Å². The Morgan fingerprint density at radius 3 is 2.63 bits per heavy atom. The van der Waals surface area contributed by atoms with Crippen molar-refractivity contribution >= 4 is 23.5 Å². The van der Waals surface area contributed by atoms with Gasteiger partial charge < -0.3 is 10.0 Å². The summed E-state index contributed by atoms with van der Waals surface area (Å²) in [7, 11) is 1.44. The van der Waals surface area contributed by atoms with Gasteiger partial charge in [0.25, 0.3) is 5.91 Å². The summed E-state index contributed by atoms with van der Waals surface area (Å²) in [5, 5.41) is 13.7. The molecule has 1 atom stereocenters. The predicted molar refractivity (Wildman–Crippen MR) is 62.1 cm³/mol. The van der Waals surface area contributed by atoms with Crippen LogP contribution in [-0.4, -0.2) is 64.3 Å². The highest BCUT2D eigenvalue weighted by molar-refractivity contribution is 6.39. The third-order valence-electron chi connectivity index (χ3n) is 3.34. The molecular formula is C11H14FN3O4. The maximum atomic E-state index is 13.9. The Kier molecular flexibility index (Phi) is 3.25. The quantitative estimate of drug-likeness (QED) is 0.741. The molecule has 0 unspecified atom stereocenters. The molecule has 1 saturated heterocycles. The van der Waals surface area contributed by atoms with Gasteiger partial charge >= 0.3 is 5.97 Å². The van der Waals surface area contributed by atoms with E-state index >= 15 is 0 Å². The van der Waals surface area contributed by atoms with Crippen LogP contribution in [0.1, 0.15) is 19.3 Å². The van der Waals surface area contributed by atoms with Crippen molar-refractivity contribution in [3.63, 3.8) is 0 Å². The lowest BCUT2D eigenvalue weighted by molar-refractivity contribution is -0.150. The first kappa shape index (κ1) is 13.4. The molecule has 8 heteroatoms. The van der Waals surface area contributed by atoms with Crippen LogP contribution in [0.4, 0.5) is 4.39 Å². The van der Waals surface area contributed by atoms with Crippen LogP contribution < -0.4 is 0 Å². The summed E-state index contributed by atoms with van der Waals surface area (Å²) in [4.78, 5) is 35.2. The lowest BCUT2D eigenvalue weighted by Crippen LogP contribution is -2.43. The van der Waals surface area contributed by atoms with E-state index in [1.807, 2.05) is 0 Å². The zero-order chi connectivity index (χ0) is 14.2. The van der Waals surface area contributed by atoms with Gasteiger partial charge in [-0.25, -0.2) is 14.2 Å². The number of hydrazone groups is 1. The molecule has 2 amide bonds. The number of carboxylic acids is 1. The summed E-state index contributed by atoms with van der Waals surface area (Å²) in [5.74, 6) is -2.25. The van der Waals surface area contributed by atoms with Gasteiger partial charge in [-0.05, 0) is 0 Å². The van der Waals surface area contributed by atoms with E-state index in [-0.39, 0.29) is 37.4 Å². The average Bonchev–Trinajstić information content (AvgIpc) is 2.76. The van der Waals surface area contributed by atoms with Crippen LogP contribution in [0.5, 0.6) is 0 Å². The van der Waals surface area contributed by atoms with Crippen molar-refractivity contribution in [1.29, 1.82) is 0 Å². The molecule has 0 aliphatic carbocycles. The summed E-state index contributed by atoms with van der Waals surface area (Å²) in [6.45, 7) is -0.434. The Morgan fingerprint density at radius 2 is 2.11 bits per heavy atom. The van der Waals surface area contributed by atoms with E-state index in [9.17, 15) is 18.8 Å². The van der Waals surface area contributed by atoms with E-state index in [2.05, 4.69) is 5.10 Å². The van der Waals surface area contributed by atoms with E-state index in [1.54, 1.807) is 0 Å². The highest BCUT2D eigenvalue weighted by atomic mass is 19.1. The van der Waals surface area contributed by atoms with Gasteiger partial charge in [0.2, 0.25) is 11.6 Å². The number of rotatable bonds is 2. The van der Waals surface area contributed by atoms with Crippen LogP contribution in [0.3, 0.4) is 0 Å². The van der Waals surface area contributed by atoms with Crippen molar-refractivity contribution in [2.45, 2.75) is 24.9 Å². The van der Waals surface area contributed by atoms with Crippen molar-refractivity contribution < 1.29 is 23.9 Å². The van der Waals surface area contributed by atoms with Crippen molar-refractivity contribution in [2.75, 3.05) is 20.1 Å². The zero-order valence-electron chi connectivity index (χ0n) is 10.4. The minimum absolute atomic E-state index is 0.0400. The van der Waals surface area contributed by atoms with Crippen molar-refractivity contribution in [2.24, 2.45) is 5.10 Å². The number of hydrogen-bond donors (Lipinski definition) is 1. The monoisotopic (exact) mass is 271 g/mol. The second-order valence-corrected chi connectivity index (χ2v) is 4.71. The number of carboxylic acid groups (broad SMARTS) is 1. The van der Waals surface area contributed by atoms with Crippen molar-refractivity contribution in [1.82, 2.24) is 9.91 Å². The molecule has 2 aliphatic rings. The molecule has 2 rings (SSSR count). The largest absolute Gasteiger partial charge is 0.479 e. The number of aliphatic carboxylic acids is 1. The summed E-state index contributed by atoms with van der Waals surface area (Å²) in [6, 6.07) is 0. The smallest absolute Gasteiger partial charge is 0.343 e. The average molecular weight is 271 g/mol. The highest BCUT2D eigenvalue weighted by Crippen LogP contribution is 2.26. The van der Waals surface area contributed by atoms with Gasteiger partial charge in [0, 0.05) is 32.9 Å². The van der Waals surface area contributed by atoms with Gasteiger partial charge in [0.05, 0.1) is 6.54 Å². The third kappa shape index (κ3) is 2.42. The van der Waals surface area contributed by atoms with Crippen LogP contribution in [0.25, 0.3) is 0 Å². The minimum atomic E-state index is -2.38. The molecule has 104 valence electrons. The molecule has 2 heterocycles. The number of carbonyl (C=O) groups excluding carboxylic acids is 2. The van der Waals surface area contributed by atoms with Gasteiger partial charge in [-0.1, -0.05) is 0 Å². The normalized spacial score (nSPS) is 27.5. The topological polar surface area (TPSA) is 90.3 Å². The lowest BCUT2D eigenvalue weighted by atomic mass is 10.1. The highest BCUT2D eigenvalue weighted by Gasteiger charge is 2.47. The number of amides is 2. The van der Waals surface area contributed by atoms with Crippen LogP contribution in [0.15, 0.2) is 5.10 Å². The summed E-state index contributed by atoms with van der Waals surface area (Å²) < 4.78 is 13.9. The van der Waals surface area contributed by atoms with Crippen LogP contribution in [-0.2, 0) is 14.4 Å². The standard InChI is InChI=1S/C11H14FN3O4/c1-14-8(16)3-2-7(13-14)9(17)15-5-4-11(12,6-15)10(18)19/h2-6H2,1H3,(H,18,19)/t11-/m0/s1. The first-order chi connectivity index (χ1) is 8.83. The Morgan fingerprint density at radius 1 is 1.42 bits per heavy atom. The molecule has 0 aromatic rings. The van der Waals surface area contributed by atoms with Gasteiger partial charge in [0.15, 0.2) is 0 Å². The Balaban J connectivity index is 2.08. The van der Waals surface area contributed by atoms with Crippen LogP contribution >= 0.6 is 0 Å². The van der Waals surface area contributed by atoms with Crippen molar-refractivity contribution in [3.8, 4) is 0 Å². The minimum Gasteiger partial charge on any atom is -0.479 e. The number of hydrogen-bond acceptors (Lipinski definition) is 4. The first-order valence-corrected chi connectivity index (χ1v) is 5.89. The molecule has 0 aromatic heterocycles. The first-order valence-electron chi connectivity index (χ1n) is 5.89. The lowest BCUT2D eigenvalue weighted by Gasteiger charge is -2.23. The van der Waals surface area contributed by atoms with Crippen molar-refractivity contribution in [3.05, 3.63) is 0 Å². The molecular weight excluding hydrogens is 257 g/mol. The molecule has 0 radical (unpaired) electrons. The van der Waals surface area contributed by atoms with Gasteiger partial charge in [-0.2, -0.15) is 5.10 Å². The fraction of sp³-hybridized carbons (Fsp3) is 0.636. The van der Waals surface area contributed by atoms with Gasteiger partial charge in [-0.15, -0.1) is 0 Å². The Bertz CT molecular complexity index is 479. The zero-order valence-corrected chi connectivity index (χ0v) is 10.4. The fourth-order valence-corrected chi connectivity index (χ4v) is 2.13. The molecule has 0 saturated carbocycles. The molecule has 1 fully saturated rings. The van der Waals surface area contributed by atoms with E-state index < -0.39 is 24.1 Å². The maximum Gasteiger partial charge on any atom is 0.343 e. The second-order valence-electron chi connectivity index (χ2n) is 4.71. The van der Waals surface area contributed by atoms with Crippen LogP contribution in [0, 0.1) is 0 Å². The van der Waals surface area contributed by atoms with E-state index in [4.69, 9.17) is 5.11 Å². The number of carbonyl (C=O) groups is 3. The number of likely N-dealkylation sites (tertiary alicyclic amines) is 1. The molecule has 0 spiro atoms. The third-order valence-corrected chi connectivity index (χ3v) is 3.34. The fourth-order valence-electron chi connectivity index (χ4n) is 2.13. The Hall–Kier alpha value is -1.99. The molecule has 2 aliphatic heterocycles. The molecule has 19 heavy (non-hydrogen) atoms. The summed E-state index contributed by atoms with van der Waals surface area (Å²) >= 11 is 0. The second kappa shape index (κ2) is 4.60. The number of halogens is 1. The number of alkyl halides is 1. The molecule has 0 bridgehead atoms. The Labute approximate surface area is 108 Å². The molecule has 1 N–H and O–H groups in total. The SMILES string of the molecule is CN1N=C(C(=O)N2CC[C@@](F)(C(=O)O)C2)CCC1=O. The van der Waals surface area contributed by atoms with Gasteiger partial charge in [-0.3, -0.25) is 9.59 Å².